The zero-order valence-corrected chi connectivity index (χ0v) is 11.1. The number of pyridine rings is 2. The molecule has 0 aliphatic carbocycles. The molecule has 2 aromatic heterocycles. The monoisotopic (exact) mass is 299 g/mol. The number of nitrogens with two attached hydrogens (primary N) is 1. The number of anilines is 2. The van der Waals surface area contributed by atoms with Gasteiger partial charge in [-0.3, -0.25) is 4.72 Å². The smallest absolute Gasteiger partial charge is 0.264 e. The van der Waals surface area contributed by atoms with Gasteiger partial charge in [-0.1, -0.05) is 17.7 Å². The number of halogens is 1. The van der Waals surface area contributed by atoms with Crippen molar-refractivity contribution >= 4 is 33.3 Å². The third-order valence-electron chi connectivity index (χ3n) is 2.17. The van der Waals surface area contributed by atoms with Crippen molar-refractivity contribution in [1.82, 2.24) is 9.97 Å². The molecule has 0 spiro atoms. The fraction of sp³-hybridized carbons (Fsp3) is 0. The Kier molecular flexibility index (Phi) is 3.84. The molecule has 100 valence electrons. The van der Waals surface area contributed by atoms with Crippen LogP contribution in [0.15, 0.2) is 41.6 Å². The molecule has 2 aromatic rings. The first kappa shape index (κ1) is 13.5. The van der Waals surface area contributed by atoms with E-state index in [1.807, 2.05) is 0 Å². The summed E-state index contributed by atoms with van der Waals surface area (Å²) in [4.78, 5) is 7.59. The molecule has 0 fully saturated rings. The number of hydrogen-bond acceptors (Lipinski definition) is 6. The lowest BCUT2D eigenvalue weighted by molar-refractivity contribution is 0.600. The summed E-state index contributed by atoms with van der Waals surface area (Å²) < 4.78 is 26.4. The molecule has 0 radical (unpaired) electrons. The second-order valence-corrected chi connectivity index (χ2v) is 5.56. The molecule has 0 aliphatic heterocycles. The van der Waals surface area contributed by atoms with Crippen LogP contribution in [-0.4, -0.2) is 18.4 Å². The number of aromatic nitrogens is 2. The lowest BCUT2D eigenvalue weighted by atomic mass is 10.5. The van der Waals surface area contributed by atoms with Crippen molar-refractivity contribution in [2.45, 2.75) is 4.90 Å². The van der Waals surface area contributed by atoms with Crippen LogP contribution in [0.1, 0.15) is 0 Å². The van der Waals surface area contributed by atoms with Crippen LogP contribution < -0.4 is 16.0 Å². The van der Waals surface area contributed by atoms with Crippen LogP contribution in [-0.2, 0) is 10.0 Å². The van der Waals surface area contributed by atoms with Crippen LogP contribution in [0.5, 0.6) is 0 Å². The Morgan fingerprint density at radius 1 is 1.26 bits per heavy atom. The second-order valence-electron chi connectivity index (χ2n) is 3.47. The minimum absolute atomic E-state index is 0.0813. The molecule has 0 bridgehead atoms. The van der Waals surface area contributed by atoms with Crippen LogP contribution >= 0.6 is 11.6 Å². The Morgan fingerprint density at radius 3 is 2.63 bits per heavy atom. The molecular formula is C10H10ClN5O2S. The third-order valence-corrected chi connectivity index (χ3v) is 3.78. The van der Waals surface area contributed by atoms with Gasteiger partial charge in [0.2, 0.25) is 0 Å². The predicted octanol–water partition coefficient (Wildman–Crippen LogP) is 1.22. The number of sulfonamides is 1. The summed E-state index contributed by atoms with van der Waals surface area (Å²) in [6.45, 7) is 0. The maximum absolute atomic E-state index is 12.1. The predicted molar refractivity (Wildman–Crippen MR) is 72.1 cm³/mol. The van der Waals surface area contributed by atoms with Crippen molar-refractivity contribution in [3.63, 3.8) is 0 Å². The van der Waals surface area contributed by atoms with Crippen molar-refractivity contribution < 1.29 is 8.42 Å². The van der Waals surface area contributed by atoms with E-state index in [9.17, 15) is 8.42 Å². The maximum Gasteiger partial charge on any atom is 0.264 e. The fourth-order valence-electron chi connectivity index (χ4n) is 1.29. The van der Waals surface area contributed by atoms with Crippen LogP contribution in [0.3, 0.4) is 0 Å². The number of hydrogen-bond donors (Lipinski definition) is 3. The normalized spacial score (nSPS) is 11.1. The zero-order valence-electron chi connectivity index (χ0n) is 9.54. The summed E-state index contributed by atoms with van der Waals surface area (Å²) in [5.41, 5.74) is 2.25. The summed E-state index contributed by atoms with van der Waals surface area (Å²) in [7, 11) is -3.79. The average Bonchev–Trinajstić information content (AvgIpc) is 2.39. The first-order valence-electron chi connectivity index (χ1n) is 5.09. The van der Waals surface area contributed by atoms with Gasteiger partial charge >= 0.3 is 0 Å². The highest BCUT2D eigenvalue weighted by Gasteiger charge is 2.17. The van der Waals surface area contributed by atoms with Crippen molar-refractivity contribution in [2.75, 3.05) is 10.1 Å². The fourth-order valence-corrected chi connectivity index (χ4v) is 2.56. The van der Waals surface area contributed by atoms with Crippen molar-refractivity contribution in [3.8, 4) is 0 Å². The van der Waals surface area contributed by atoms with Crippen LogP contribution in [0.25, 0.3) is 0 Å². The zero-order chi connectivity index (χ0) is 13.9. The Morgan fingerprint density at radius 2 is 2.05 bits per heavy atom. The van der Waals surface area contributed by atoms with E-state index in [0.717, 1.165) is 6.20 Å². The molecule has 0 aromatic carbocycles. The lowest BCUT2D eigenvalue weighted by Crippen LogP contribution is -2.15. The first-order valence-corrected chi connectivity index (χ1v) is 6.95. The van der Waals surface area contributed by atoms with E-state index >= 15 is 0 Å². The molecule has 0 saturated carbocycles. The van der Waals surface area contributed by atoms with Crippen molar-refractivity contribution in [2.24, 2.45) is 5.84 Å². The molecule has 2 heterocycles. The first-order chi connectivity index (χ1) is 9.03. The van der Waals surface area contributed by atoms with Crippen molar-refractivity contribution in [3.05, 3.63) is 41.7 Å². The molecule has 19 heavy (non-hydrogen) atoms. The van der Waals surface area contributed by atoms with E-state index in [0.29, 0.717) is 0 Å². The van der Waals surface area contributed by atoms with Gasteiger partial charge in [0.1, 0.15) is 10.7 Å². The van der Waals surface area contributed by atoms with Gasteiger partial charge in [-0.25, -0.2) is 24.2 Å². The molecule has 2 rings (SSSR count). The van der Waals surface area contributed by atoms with Gasteiger partial charge in [-0.15, -0.1) is 0 Å². The molecule has 0 aliphatic rings. The van der Waals surface area contributed by atoms with Gasteiger partial charge in [-0.2, -0.15) is 0 Å². The van der Waals surface area contributed by atoms with E-state index in [4.69, 9.17) is 17.4 Å². The largest absolute Gasteiger partial charge is 0.307 e. The minimum atomic E-state index is -3.79. The van der Waals surface area contributed by atoms with Gasteiger partial charge in [0.25, 0.3) is 10.0 Å². The minimum Gasteiger partial charge on any atom is -0.307 e. The van der Waals surface area contributed by atoms with E-state index in [2.05, 4.69) is 20.1 Å². The highest BCUT2D eigenvalue weighted by Crippen LogP contribution is 2.22. The van der Waals surface area contributed by atoms with E-state index in [1.54, 1.807) is 12.1 Å². The van der Waals surface area contributed by atoms with E-state index in [1.165, 1.54) is 18.3 Å². The topological polar surface area (TPSA) is 110 Å². The second kappa shape index (κ2) is 5.39. The standard InChI is InChI=1S/C10H10ClN5O2S/c11-8-5-7(6-14-10(8)15-12)19(17,18)16-9-3-1-2-4-13-9/h1-6H,12H2,(H,13,16)(H,14,15). The van der Waals surface area contributed by atoms with Gasteiger partial charge in [0.05, 0.1) is 5.02 Å². The number of hydrazine groups is 1. The summed E-state index contributed by atoms with van der Waals surface area (Å²) in [5, 5.41) is 0.103. The molecule has 9 heteroatoms. The molecule has 0 atom stereocenters. The molecule has 0 saturated heterocycles. The number of nitrogens with one attached hydrogen (secondary N) is 2. The van der Waals surface area contributed by atoms with Gasteiger partial charge < -0.3 is 5.43 Å². The van der Waals surface area contributed by atoms with E-state index in [-0.39, 0.29) is 21.6 Å². The molecule has 0 amide bonds. The lowest BCUT2D eigenvalue weighted by Gasteiger charge is -2.08. The number of rotatable bonds is 4. The quantitative estimate of drug-likeness (QED) is 0.578. The summed E-state index contributed by atoms with van der Waals surface area (Å²) in [5.74, 6) is 5.56. The van der Waals surface area contributed by atoms with Crippen LogP contribution in [0.2, 0.25) is 5.02 Å². The van der Waals surface area contributed by atoms with Gasteiger partial charge in [0.15, 0.2) is 5.82 Å². The Hall–Kier alpha value is -1.90. The highest BCUT2D eigenvalue weighted by atomic mass is 35.5. The maximum atomic E-state index is 12.1. The van der Waals surface area contributed by atoms with E-state index < -0.39 is 10.0 Å². The summed E-state index contributed by atoms with van der Waals surface area (Å²) in [6, 6.07) is 6.12. The Balaban J connectivity index is 2.32. The van der Waals surface area contributed by atoms with Crippen LogP contribution in [0.4, 0.5) is 11.6 Å². The molecular weight excluding hydrogens is 290 g/mol. The number of nitrogens with zero attached hydrogens (tertiary/aromatic N) is 2. The molecule has 7 nitrogen and oxygen atoms in total. The molecule has 0 unspecified atom stereocenters. The Labute approximate surface area is 114 Å². The van der Waals surface area contributed by atoms with Crippen molar-refractivity contribution in [1.29, 1.82) is 0 Å². The highest BCUT2D eigenvalue weighted by molar-refractivity contribution is 7.92. The summed E-state index contributed by atoms with van der Waals surface area (Å²) in [6.07, 6.45) is 2.62. The average molecular weight is 300 g/mol. The van der Waals surface area contributed by atoms with Crippen LogP contribution in [0, 0.1) is 0 Å². The Bertz CT molecular complexity index is 678. The molecule has 4 N–H and O–H groups in total. The summed E-state index contributed by atoms with van der Waals surface area (Å²) >= 11 is 5.83. The number of nitrogen functional groups attached to an aromatic ring is 1. The van der Waals surface area contributed by atoms with Gasteiger partial charge in [-0.05, 0) is 18.2 Å². The SMILES string of the molecule is NNc1ncc(S(=O)(=O)Nc2ccccn2)cc1Cl. The third kappa shape index (κ3) is 3.11. The van der Waals surface area contributed by atoms with Gasteiger partial charge in [0, 0.05) is 12.4 Å².